The van der Waals surface area contributed by atoms with Crippen LogP contribution in [0.3, 0.4) is 0 Å². The zero-order valence-corrected chi connectivity index (χ0v) is 31.9. The summed E-state index contributed by atoms with van der Waals surface area (Å²) in [6.45, 7) is 4.26. The van der Waals surface area contributed by atoms with Crippen molar-refractivity contribution in [3.8, 4) is 0 Å². The lowest BCUT2D eigenvalue weighted by Gasteiger charge is -2.23. The molecule has 282 valence electrons. The summed E-state index contributed by atoms with van der Waals surface area (Å²) in [5, 5.41) is 33.2. The molecule has 0 aromatic heterocycles. The summed E-state index contributed by atoms with van der Waals surface area (Å²) >= 11 is 0. The van der Waals surface area contributed by atoms with Crippen molar-refractivity contribution >= 4 is 5.91 Å². The van der Waals surface area contributed by atoms with E-state index >= 15 is 0 Å². The lowest BCUT2D eigenvalue weighted by atomic mass is 10.0. The van der Waals surface area contributed by atoms with Gasteiger partial charge in [-0.25, -0.2) is 0 Å². The molecule has 1 amide bonds. The predicted octanol–water partition coefficient (Wildman–Crippen LogP) is 11.9. The van der Waals surface area contributed by atoms with Crippen molar-refractivity contribution in [3.63, 3.8) is 0 Å². The van der Waals surface area contributed by atoms with Gasteiger partial charge in [0.25, 0.3) is 0 Å². The van der Waals surface area contributed by atoms with Crippen molar-refractivity contribution in [1.29, 1.82) is 0 Å². The molecule has 3 unspecified atom stereocenters. The quantitative estimate of drug-likeness (QED) is 0.0491. The van der Waals surface area contributed by atoms with Crippen LogP contribution in [0.15, 0.2) is 0 Å². The molecule has 0 aliphatic heterocycles. The maximum atomic E-state index is 12.4. The monoisotopic (exact) mass is 668 g/mol. The van der Waals surface area contributed by atoms with Gasteiger partial charge in [-0.1, -0.05) is 219 Å². The number of hydrogen-bond acceptors (Lipinski definition) is 4. The minimum Gasteiger partial charge on any atom is -0.394 e. The van der Waals surface area contributed by atoms with Gasteiger partial charge in [0, 0.05) is 0 Å². The van der Waals surface area contributed by atoms with Crippen LogP contribution >= 0.6 is 0 Å². The molecular weight excluding hydrogens is 582 g/mol. The summed E-state index contributed by atoms with van der Waals surface area (Å²) in [6.07, 6.45) is 42.2. The molecule has 5 nitrogen and oxygen atoms in total. The molecule has 47 heavy (non-hydrogen) atoms. The third-order valence-corrected chi connectivity index (χ3v) is 10.2. The van der Waals surface area contributed by atoms with Crippen LogP contribution < -0.4 is 5.32 Å². The van der Waals surface area contributed by atoms with Gasteiger partial charge in [0.2, 0.25) is 5.91 Å². The highest BCUT2D eigenvalue weighted by atomic mass is 16.3. The van der Waals surface area contributed by atoms with Gasteiger partial charge in [-0.2, -0.15) is 0 Å². The van der Waals surface area contributed by atoms with E-state index in [0.717, 1.165) is 25.7 Å². The number of unbranched alkanes of at least 4 members (excludes halogenated alkanes) is 30. The van der Waals surface area contributed by atoms with Crippen molar-refractivity contribution < 1.29 is 20.1 Å². The smallest absolute Gasteiger partial charge is 0.222 e. The first-order valence-electron chi connectivity index (χ1n) is 21.3. The summed E-state index contributed by atoms with van der Waals surface area (Å²) < 4.78 is 0. The Morgan fingerprint density at radius 3 is 1.02 bits per heavy atom. The number of aliphatic hydroxyl groups excluding tert-OH is 3. The van der Waals surface area contributed by atoms with E-state index in [4.69, 9.17) is 0 Å². The minimum absolute atomic E-state index is 0.0424. The molecule has 3 atom stereocenters. The molecule has 0 heterocycles. The first kappa shape index (κ1) is 46.4. The summed E-state index contributed by atoms with van der Waals surface area (Å²) in [5.74, 6) is -0.280. The maximum absolute atomic E-state index is 12.4. The fourth-order valence-corrected chi connectivity index (χ4v) is 6.88. The molecule has 0 aliphatic carbocycles. The normalized spacial score (nSPS) is 13.6. The highest BCUT2D eigenvalue weighted by molar-refractivity contribution is 5.76. The molecule has 0 bridgehead atoms. The first-order valence-corrected chi connectivity index (χ1v) is 21.3. The van der Waals surface area contributed by atoms with Crippen molar-refractivity contribution in [3.05, 3.63) is 0 Å². The van der Waals surface area contributed by atoms with Crippen molar-refractivity contribution in [2.24, 2.45) is 0 Å². The minimum atomic E-state index is -0.741. The standard InChI is InChI=1S/C42H85NO4/c1-3-5-7-9-11-13-15-16-17-18-19-20-21-22-23-24-25-26-27-29-31-33-35-39(45)37-42(47)43-40(38-44)41(46)36-34-32-30-28-14-12-10-8-6-4-2/h39-41,44-46H,3-38H2,1-2H3,(H,43,47). The van der Waals surface area contributed by atoms with E-state index in [0.29, 0.717) is 12.8 Å². The van der Waals surface area contributed by atoms with Gasteiger partial charge >= 0.3 is 0 Å². The summed E-state index contributed by atoms with van der Waals surface area (Å²) in [6, 6.07) is -0.650. The average Bonchev–Trinajstić information content (AvgIpc) is 3.06. The zero-order valence-electron chi connectivity index (χ0n) is 31.9. The SMILES string of the molecule is CCCCCCCCCCCCCCCCCCCCCCCCC(O)CC(=O)NC(CO)C(O)CCCCCCCCCCCC. The predicted molar refractivity (Wildman–Crippen MR) is 204 cm³/mol. The number of aliphatic hydroxyl groups is 3. The third kappa shape index (κ3) is 35.0. The molecular formula is C42H85NO4. The second-order valence-electron chi connectivity index (χ2n) is 15.0. The Morgan fingerprint density at radius 1 is 0.447 bits per heavy atom. The number of amides is 1. The van der Waals surface area contributed by atoms with Crippen molar-refractivity contribution in [1.82, 2.24) is 5.32 Å². The van der Waals surface area contributed by atoms with E-state index in [2.05, 4.69) is 19.2 Å². The summed E-state index contributed by atoms with van der Waals surface area (Å²) in [4.78, 5) is 12.4. The fraction of sp³-hybridized carbons (Fsp3) is 0.976. The Morgan fingerprint density at radius 2 is 0.723 bits per heavy atom. The second kappa shape index (κ2) is 38.2. The van der Waals surface area contributed by atoms with Crippen LogP contribution in [0.4, 0.5) is 0 Å². The molecule has 0 saturated heterocycles. The van der Waals surface area contributed by atoms with Crippen molar-refractivity contribution in [2.75, 3.05) is 6.61 Å². The molecule has 0 aromatic rings. The second-order valence-corrected chi connectivity index (χ2v) is 15.0. The van der Waals surface area contributed by atoms with Crippen LogP contribution in [0.5, 0.6) is 0 Å². The number of nitrogens with one attached hydrogen (secondary N) is 1. The van der Waals surface area contributed by atoms with Crippen LogP contribution in [-0.2, 0) is 4.79 Å². The first-order chi connectivity index (χ1) is 23.0. The van der Waals surface area contributed by atoms with Gasteiger partial charge in [-0.3, -0.25) is 4.79 Å². The van der Waals surface area contributed by atoms with Gasteiger partial charge in [-0.05, 0) is 12.8 Å². The number of hydrogen-bond donors (Lipinski definition) is 4. The van der Waals surface area contributed by atoms with E-state index in [-0.39, 0.29) is 18.9 Å². The van der Waals surface area contributed by atoms with Crippen LogP contribution in [0, 0.1) is 0 Å². The average molecular weight is 668 g/mol. The Hall–Kier alpha value is -0.650. The van der Waals surface area contributed by atoms with Crippen LogP contribution in [0.25, 0.3) is 0 Å². The molecule has 0 rings (SSSR count). The van der Waals surface area contributed by atoms with E-state index < -0.39 is 18.2 Å². The molecule has 0 fully saturated rings. The number of carbonyl (C=O) groups excluding carboxylic acids is 1. The molecule has 5 heteroatoms. The lowest BCUT2D eigenvalue weighted by Crippen LogP contribution is -2.46. The molecule has 0 spiro atoms. The van der Waals surface area contributed by atoms with Gasteiger partial charge in [-0.15, -0.1) is 0 Å². The van der Waals surface area contributed by atoms with E-state index in [9.17, 15) is 20.1 Å². The van der Waals surface area contributed by atoms with E-state index in [1.807, 2.05) is 0 Å². The Kier molecular flexibility index (Phi) is 37.6. The van der Waals surface area contributed by atoms with E-state index in [1.54, 1.807) is 0 Å². The number of rotatable bonds is 39. The van der Waals surface area contributed by atoms with Crippen LogP contribution in [0.1, 0.15) is 239 Å². The number of carbonyl (C=O) groups is 1. The summed E-state index contributed by atoms with van der Waals surface area (Å²) in [7, 11) is 0. The lowest BCUT2D eigenvalue weighted by molar-refractivity contribution is -0.125. The van der Waals surface area contributed by atoms with Crippen molar-refractivity contribution in [2.45, 2.75) is 257 Å². The largest absolute Gasteiger partial charge is 0.394 e. The Bertz CT molecular complexity index is 615. The molecule has 0 aromatic carbocycles. The maximum Gasteiger partial charge on any atom is 0.222 e. The Balaban J connectivity index is 3.52. The molecule has 0 saturated carbocycles. The van der Waals surface area contributed by atoms with E-state index in [1.165, 1.54) is 180 Å². The van der Waals surface area contributed by atoms with Gasteiger partial charge in [0.1, 0.15) is 0 Å². The molecule has 4 N–H and O–H groups in total. The van der Waals surface area contributed by atoms with Gasteiger partial charge in [0.05, 0.1) is 31.3 Å². The zero-order chi connectivity index (χ0) is 34.5. The highest BCUT2D eigenvalue weighted by Crippen LogP contribution is 2.17. The highest BCUT2D eigenvalue weighted by Gasteiger charge is 2.21. The molecule has 0 radical (unpaired) electrons. The van der Waals surface area contributed by atoms with Crippen LogP contribution in [-0.4, -0.2) is 46.1 Å². The van der Waals surface area contributed by atoms with Crippen LogP contribution in [0.2, 0.25) is 0 Å². The van der Waals surface area contributed by atoms with Gasteiger partial charge < -0.3 is 20.6 Å². The van der Waals surface area contributed by atoms with Gasteiger partial charge in [0.15, 0.2) is 0 Å². The summed E-state index contributed by atoms with van der Waals surface area (Å²) in [5.41, 5.74) is 0. The fourth-order valence-electron chi connectivity index (χ4n) is 6.88. The topological polar surface area (TPSA) is 89.8 Å². The molecule has 0 aliphatic rings. The third-order valence-electron chi connectivity index (χ3n) is 10.2. The Labute approximate surface area is 294 Å².